The van der Waals surface area contributed by atoms with Gasteiger partial charge in [0.2, 0.25) is 0 Å². The fourth-order valence-electron chi connectivity index (χ4n) is 4.60. The van der Waals surface area contributed by atoms with E-state index in [0.29, 0.717) is 54.5 Å². The van der Waals surface area contributed by atoms with Gasteiger partial charge in [0.1, 0.15) is 17.4 Å². The maximum absolute atomic E-state index is 13.1. The Bertz CT molecular complexity index is 1540. The number of aromatic nitrogens is 2. The summed E-state index contributed by atoms with van der Waals surface area (Å²) in [6.45, 7) is 5.01. The number of anilines is 2. The molecule has 2 amide bonds. The molecule has 0 aliphatic rings. The largest absolute Gasteiger partial charge is 0.449 e. The Hall–Kier alpha value is -4.90. The van der Waals surface area contributed by atoms with Crippen molar-refractivity contribution in [1.82, 2.24) is 15.3 Å². The molecule has 232 valence electrons. The topological polar surface area (TPSA) is 153 Å². The van der Waals surface area contributed by atoms with E-state index in [1.54, 1.807) is 18.2 Å². The maximum atomic E-state index is 13.1. The van der Waals surface area contributed by atoms with Gasteiger partial charge in [0, 0.05) is 35.7 Å². The number of nitrogens with one attached hydrogen (secondary N) is 4. The minimum Gasteiger partial charge on any atom is -0.449 e. The summed E-state index contributed by atoms with van der Waals surface area (Å²) in [7, 11) is 0. The standard InChI is InChI=1S/C33H40N6O5/c1-3-4-5-9-21-43-32(41)38-31(34)24-13-15-25(16-14-24)35-22-29-36-27-17-18-28(23(2)30(27)37-29)44-33(42)39(19-10-20-40)26-11-7-6-8-12-26/h6-8,11-18,35,40H,3-5,9-10,19-22H2,1-2H3,(H,36,37)(H2,34,38,41). The number of amidine groups is 1. The number of aromatic amines is 1. The molecule has 0 aliphatic carbocycles. The Morgan fingerprint density at radius 1 is 1.00 bits per heavy atom. The third kappa shape index (κ3) is 8.81. The van der Waals surface area contributed by atoms with E-state index in [0.717, 1.165) is 42.5 Å². The normalized spacial score (nSPS) is 10.8. The van der Waals surface area contributed by atoms with Gasteiger partial charge in [-0.2, -0.15) is 0 Å². The highest BCUT2D eigenvalue weighted by atomic mass is 16.6. The molecule has 0 atom stereocenters. The summed E-state index contributed by atoms with van der Waals surface area (Å²) in [5, 5.41) is 23.2. The zero-order valence-electron chi connectivity index (χ0n) is 25.2. The van der Waals surface area contributed by atoms with Gasteiger partial charge in [-0.05, 0) is 68.3 Å². The van der Waals surface area contributed by atoms with Crippen molar-refractivity contribution in [2.75, 3.05) is 30.0 Å². The molecule has 0 saturated heterocycles. The zero-order chi connectivity index (χ0) is 31.3. The summed E-state index contributed by atoms with van der Waals surface area (Å²) >= 11 is 0. The molecule has 5 N–H and O–H groups in total. The second-order valence-electron chi connectivity index (χ2n) is 10.3. The van der Waals surface area contributed by atoms with Crippen molar-refractivity contribution in [1.29, 1.82) is 5.41 Å². The lowest BCUT2D eigenvalue weighted by atomic mass is 10.2. The van der Waals surface area contributed by atoms with E-state index < -0.39 is 12.2 Å². The molecule has 0 aliphatic heterocycles. The third-order valence-corrected chi connectivity index (χ3v) is 7.02. The number of carbonyl (C=O) groups is 2. The molecular formula is C33H40N6O5. The number of aliphatic hydroxyl groups excluding tert-OH is 1. The Balaban J connectivity index is 1.33. The van der Waals surface area contributed by atoms with Crippen LogP contribution in [0.3, 0.4) is 0 Å². The van der Waals surface area contributed by atoms with Crippen LogP contribution in [0.4, 0.5) is 21.0 Å². The summed E-state index contributed by atoms with van der Waals surface area (Å²) in [4.78, 5) is 34.6. The molecule has 1 aromatic heterocycles. The number of hydrogen-bond donors (Lipinski definition) is 5. The van der Waals surface area contributed by atoms with Crippen molar-refractivity contribution in [2.24, 2.45) is 0 Å². The fourth-order valence-corrected chi connectivity index (χ4v) is 4.60. The second-order valence-corrected chi connectivity index (χ2v) is 10.3. The van der Waals surface area contributed by atoms with Crippen molar-refractivity contribution in [3.05, 3.63) is 83.7 Å². The lowest BCUT2D eigenvalue weighted by Crippen LogP contribution is -2.35. The van der Waals surface area contributed by atoms with Gasteiger partial charge in [0.15, 0.2) is 0 Å². The van der Waals surface area contributed by atoms with Crippen LogP contribution in [0.25, 0.3) is 11.0 Å². The van der Waals surface area contributed by atoms with Crippen molar-refractivity contribution < 1.29 is 24.2 Å². The summed E-state index contributed by atoms with van der Waals surface area (Å²) < 4.78 is 10.9. The van der Waals surface area contributed by atoms with Crippen LogP contribution in [0.2, 0.25) is 0 Å². The number of aryl methyl sites for hydroxylation is 1. The summed E-state index contributed by atoms with van der Waals surface area (Å²) in [6.07, 6.45) is 3.32. The van der Waals surface area contributed by atoms with Crippen molar-refractivity contribution in [3.63, 3.8) is 0 Å². The molecule has 11 heteroatoms. The van der Waals surface area contributed by atoms with E-state index >= 15 is 0 Å². The number of fused-ring (bicyclic) bond motifs is 1. The fraction of sp³-hybridized carbons (Fsp3) is 0.333. The highest BCUT2D eigenvalue weighted by molar-refractivity contribution is 6.04. The van der Waals surface area contributed by atoms with Gasteiger partial charge in [-0.1, -0.05) is 44.4 Å². The van der Waals surface area contributed by atoms with Crippen LogP contribution >= 0.6 is 0 Å². The highest BCUT2D eigenvalue weighted by Gasteiger charge is 2.20. The number of ether oxygens (including phenoxy) is 2. The lowest BCUT2D eigenvalue weighted by molar-refractivity contribution is 0.149. The first kappa shape index (κ1) is 32.0. The Morgan fingerprint density at radius 3 is 2.50 bits per heavy atom. The van der Waals surface area contributed by atoms with Crippen LogP contribution in [0.1, 0.15) is 56.0 Å². The SMILES string of the molecule is CCCCCCOC(=O)NC(=N)c1ccc(NCc2nc3c(C)c(OC(=O)N(CCCO)c4ccccc4)ccc3[nH]2)cc1. The smallest absolute Gasteiger partial charge is 0.419 e. The number of amides is 2. The number of H-pyrrole nitrogens is 1. The Kier molecular flexibility index (Phi) is 11.7. The first-order valence-corrected chi connectivity index (χ1v) is 14.9. The van der Waals surface area contributed by atoms with E-state index in [2.05, 4.69) is 22.5 Å². The Morgan fingerprint density at radius 2 is 1.77 bits per heavy atom. The van der Waals surface area contributed by atoms with Crippen molar-refractivity contribution in [3.8, 4) is 5.75 Å². The molecule has 3 aromatic carbocycles. The average molecular weight is 601 g/mol. The van der Waals surface area contributed by atoms with Gasteiger partial charge in [-0.15, -0.1) is 0 Å². The minimum atomic E-state index is -0.623. The first-order chi connectivity index (χ1) is 21.4. The van der Waals surface area contributed by atoms with E-state index in [9.17, 15) is 14.7 Å². The molecule has 0 spiro atoms. The molecule has 0 unspecified atom stereocenters. The number of rotatable bonds is 14. The number of carbonyl (C=O) groups excluding carboxylic acids is 2. The molecular weight excluding hydrogens is 560 g/mol. The third-order valence-electron chi connectivity index (χ3n) is 7.02. The molecule has 0 bridgehead atoms. The van der Waals surface area contributed by atoms with Gasteiger partial charge in [0.25, 0.3) is 0 Å². The van der Waals surface area contributed by atoms with Gasteiger partial charge >= 0.3 is 12.2 Å². The first-order valence-electron chi connectivity index (χ1n) is 14.9. The molecule has 11 nitrogen and oxygen atoms in total. The predicted octanol–water partition coefficient (Wildman–Crippen LogP) is 6.50. The van der Waals surface area contributed by atoms with Gasteiger partial charge < -0.3 is 24.9 Å². The van der Waals surface area contributed by atoms with Crippen LogP contribution in [0.15, 0.2) is 66.7 Å². The molecule has 44 heavy (non-hydrogen) atoms. The Labute approximate surface area is 257 Å². The molecule has 1 heterocycles. The van der Waals surface area contributed by atoms with Crippen molar-refractivity contribution in [2.45, 2.75) is 52.5 Å². The molecule has 4 aromatic rings. The molecule has 0 radical (unpaired) electrons. The van der Waals surface area contributed by atoms with E-state index in [1.165, 1.54) is 4.90 Å². The van der Waals surface area contributed by atoms with Crippen LogP contribution in [-0.2, 0) is 11.3 Å². The highest BCUT2D eigenvalue weighted by Crippen LogP contribution is 2.27. The number of aliphatic hydroxyl groups is 1. The average Bonchev–Trinajstić information content (AvgIpc) is 3.46. The quantitative estimate of drug-likeness (QED) is 0.0629. The lowest BCUT2D eigenvalue weighted by Gasteiger charge is -2.22. The molecule has 0 saturated carbocycles. The summed E-state index contributed by atoms with van der Waals surface area (Å²) in [5.41, 5.74) is 4.29. The minimum absolute atomic E-state index is 0.0281. The number of alkyl carbamates (subject to hydrolysis) is 1. The van der Waals surface area contributed by atoms with Gasteiger partial charge in [-0.3, -0.25) is 15.6 Å². The summed E-state index contributed by atoms with van der Waals surface area (Å²) in [5.74, 6) is 1.07. The number of para-hydroxylation sites is 1. The van der Waals surface area contributed by atoms with E-state index in [-0.39, 0.29) is 12.4 Å². The van der Waals surface area contributed by atoms with Crippen LogP contribution in [0, 0.1) is 12.3 Å². The predicted molar refractivity (Wildman–Crippen MR) is 172 cm³/mol. The van der Waals surface area contributed by atoms with Gasteiger partial charge in [0.05, 0.1) is 24.2 Å². The molecule has 4 rings (SSSR count). The number of imidazole rings is 1. The van der Waals surface area contributed by atoms with Crippen LogP contribution in [-0.4, -0.2) is 52.9 Å². The van der Waals surface area contributed by atoms with E-state index in [1.807, 2.05) is 55.5 Å². The number of unbranched alkanes of at least 4 members (excludes halogenated alkanes) is 3. The summed E-state index contributed by atoms with van der Waals surface area (Å²) in [6, 6.07) is 19.9. The van der Waals surface area contributed by atoms with E-state index in [4.69, 9.17) is 19.9 Å². The zero-order valence-corrected chi connectivity index (χ0v) is 25.2. The van der Waals surface area contributed by atoms with Crippen molar-refractivity contribution >= 4 is 40.4 Å². The van der Waals surface area contributed by atoms with Crippen LogP contribution in [0.5, 0.6) is 5.75 Å². The van der Waals surface area contributed by atoms with Gasteiger partial charge in [-0.25, -0.2) is 14.6 Å². The number of benzene rings is 3. The monoisotopic (exact) mass is 600 g/mol. The molecule has 0 fully saturated rings. The number of hydrogen-bond acceptors (Lipinski definition) is 8. The maximum Gasteiger partial charge on any atom is 0.419 e. The second kappa shape index (κ2) is 16.1. The van der Waals surface area contributed by atoms with Crippen LogP contribution < -0.4 is 20.3 Å². The number of nitrogens with zero attached hydrogens (tertiary/aromatic N) is 2.